The van der Waals surface area contributed by atoms with Crippen LogP contribution in [0.25, 0.3) is 0 Å². The number of pyridine rings is 1. The van der Waals surface area contributed by atoms with E-state index in [1.54, 1.807) is 0 Å². The van der Waals surface area contributed by atoms with Gasteiger partial charge in [0, 0.05) is 24.2 Å². The summed E-state index contributed by atoms with van der Waals surface area (Å²) >= 11 is 0. The average molecular weight is 344 g/mol. The van der Waals surface area contributed by atoms with Crippen LogP contribution in [0.1, 0.15) is 52.0 Å². The van der Waals surface area contributed by atoms with Gasteiger partial charge in [-0.2, -0.15) is 0 Å². The number of ether oxygens (including phenoxy) is 1. The van der Waals surface area contributed by atoms with E-state index in [1.165, 1.54) is 18.4 Å². The van der Waals surface area contributed by atoms with Crippen LogP contribution < -0.4 is 5.32 Å². The molecule has 0 spiro atoms. The van der Waals surface area contributed by atoms with Crippen LogP contribution in [-0.4, -0.2) is 30.1 Å². The van der Waals surface area contributed by atoms with Gasteiger partial charge in [0.2, 0.25) is 5.91 Å². The average Bonchev–Trinajstić information content (AvgIpc) is 3.02. The first-order valence-corrected chi connectivity index (χ1v) is 9.70. The van der Waals surface area contributed by atoms with Crippen molar-refractivity contribution in [2.24, 2.45) is 23.2 Å². The molecule has 1 saturated carbocycles. The molecule has 1 saturated heterocycles. The first-order valence-electron chi connectivity index (χ1n) is 9.70. The molecule has 3 rings (SSSR count). The van der Waals surface area contributed by atoms with Gasteiger partial charge in [0.15, 0.2) is 0 Å². The third-order valence-electron chi connectivity index (χ3n) is 6.10. The molecule has 1 aromatic rings. The number of nitrogens with one attached hydrogen (secondary N) is 1. The van der Waals surface area contributed by atoms with E-state index in [0.717, 1.165) is 31.8 Å². The standard InChI is InChI=1S/C21H32N2O2/c1-21(2,3)18-6-4-16(5-7-18)20(24)23-19-14-25-13-17(19)12-15-8-10-22-11-9-15/h8-11,16-19H,4-7,12-14H2,1-3H3,(H,23,24)/t16?,17-,18?,19+/m1/s1. The van der Waals surface area contributed by atoms with Gasteiger partial charge in [-0.25, -0.2) is 0 Å². The molecule has 0 radical (unpaired) electrons. The van der Waals surface area contributed by atoms with Crippen molar-refractivity contribution in [1.29, 1.82) is 0 Å². The number of nitrogens with zero attached hydrogens (tertiary/aromatic N) is 1. The number of hydrogen-bond donors (Lipinski definition) is 1. The van der Waals surface area contributed by atoms with Gasteiger partial charge in [0.05, 0.1) is 19.3 Å². The minimum Gasteiger partial charge on any atom is -0.379 e. The zero-order valence-electron chi connectivity index (χ0n) is 15.8. The van der Waals surface area contributed by atoms with Gasteiger partial charge < -0.3 is 10.1 Å². The second-order valence-electron chi connectivity index (χ2n) is 8.89. The summed E-state index contributed by atoms with van der Waals surface area (Å²) in [5.41, 5.74) is 1.62. The summed E-state index contributed by atoms with van der Waals surface area (Å²) in [5, 5.41) is 3.29. The van der Waals surface area contributed by atoms with Crippen molar-refractivity contribution in [3.63, 3.8) is 0 Å². The maximum Gasteiger partial charge on any atom is 0.223 e. The number of carbonyl (C=O) groups is 1. The molecule has 0 unspecified atom stereocenters. The summed E-state index contributed by atoms with van der Waals surface area (Å²) in [7, 11) is 0. The van der Waals surface area contributed by atoms with E-state index in [4.69, 9.17) is 4.74 Å². The van der Waals surface area contributed by atoms with Crippen molar-refractivity contribution in [3.05, 3.63) is 30.1 Å². The lowest BCUT2D eigenvalue weighted by molar-refractivity contribution is -0.127. The van der Waals surface area contributed by atoms with Crippen LogP contribution in [0.4, 0.5) is 0 Å². The molecule has 0 bridgehead atoms. The second kappa shape index (κ2) is 7.86. The van der Waals surface area contributed by atoms with Crippen LogP contribution in [0.15, 0.2) is 24.5 Å². The summed E-state index contributed by atoms with van der Waals surface area (Å²) < 4.78 is 5.66. The van der Waals surface area contributed by atoms with Crippen LogP contribution in [0.5, 0.6) is 0 Å². The third kappa shape index (κ3) is 4.81. The Morgan fingerprint density at radius 1 is 1.16 bits per heavy atom. The zero-order valence-corrected chi connectivity index (χ0v) is 15.8. The lowest BCUT2D eigenvalue weighted by atomic mass is 9.69. The maximum atomic E-state index is 12.7. The van der Waals surface area contributed by atoms with E-state index >= 15 is 0 Å². The van der Waals surface area contributed by atoms with Gasteiger partial charge >= 0.3 is 0 Å². The van der Waals surface area contributed by atoms with Gasteiger partial charge in [0.25, 0.3) is 0 Å². The van der Waals surface area contributed by atoms with E-state index in [-0.39, 0.29) is 17.9 Å². The lowest BCUT2D eigenvalue weighted by Gasteiger charge is -2.36. The Hall–Kier alpha value is -1.42. The monoisotopic (exact) mass is 344 g/mol. The number of amides is 1. The van der Waals surface area contributed by atoms with E-state index in [9.17, 15) is 4.79 Å². The van der Waals surface area contributed by atoms with Crippen LogP contribution in [0.2, 0.25) is 0 Å². The highest BCUT2D eigenvalue weighted by molar-refractivity contribution is 5.79. The maximum absolute atomic E-state index is 12.7. The lowest BCUT2D eigenvalue weighted by Crippen LogP contribution is -2.44. The first-order chi connectivity index (χ1) is 11.9. The van der Waals surface area contributed by atoms with Crippen LogP contribution in [0, 0.1) is 23.2 Å². The highest BCUT2D eigenvalue weighted by Gasteiger charge is 2.35. The van der Waals surface area contributed by atoms with Crippen LogP contribution in [0.3, 0.4) is 0 Å². The molecule has 2 aliphatic rings. The fourth-order valence-electron chi connectivity index (χ4n) is 4.30. The normalized spacial score (nSPS) is 30.2. The highest BCUT2D eigenvalue weighted by Crippen LogP contribution is 2.39. The van der Waals surface area contributed by atoms with E-state index in [0.29, 0.717) is 17.9 Å². The Bertz CT molecular complexity index is 559. The Morgan fingerprint density at radius 3 is 2.48 bits per heavy atom. The molecule has 2 atom stereocenters. The second-order valence-corrected chi connectivity index (χ2v) is 8.89. The van der Waals surface area contributed by atoms with E-state index in [2.05, 4.69) is 31.1 Å². The quantitative estimate of drug-likeness (QED) is 0.908. The summed E-state index contributed by atoms with van der Waals surface area (Å²) in [6.07, 6.45) is 8.97. The third-order valence-corrected chi connectivity index (χ3v) is 6.10. The molecule has 1 aliphatic heterocycles. The van der Waals surface area contributed by atoms with Crippen molar-refractivity contribution in [2.75, 3.05) is 13.2 Å². The fraction of sp³-hybridized carbons (Fsp3) is 0.714. The molecule has 4 heteroatoms. The summed E-state index contributed by atoms with van der Waals surface area (Å²) in [6, 6.07) is 4.23. The van der Waals surface area contributed by atoms with Crippen molar-refractivity contribution in [1.82, 2.24) is 10.3 Å². The zero-order chi connectivity index (χ0) is 17.9. The predicted molar refractivity (Wildman–Crippen MR) is 99.1 cm³/mol. The SMILES string of the molecule is CC(C)(C)C1CCC(C(=O)N[C@H]2COC[C@H]2Cc2ccncc2)CC1. The van der Waals surface area contributed by atoms with Gasteiger partial charge in [-0.05, 0) is 61.1 Å². The van der Waals surface area contributed by atoms with E-state index < -0.39 is 0 Å². The molecule has 2 fully saturated rings. The van der Waals surface area contributed by atoms with Crippen molar-refractivity contribution in [3.8, 4) is 0 Å². The summed E-state index contributed by atoms with van der Waals surface area (Å²) in [5.74, 6) is 1.52. The molecule has 4 nitrogen and oxygen atoms in total. The van der Waals surface area contributed by atoms with Crippen molar-refractivity contribution < 1.29 is 9.53 Å². The van der Waals surface area contributed by atoms with Crippen molar-refractivity contribution in [2.45, 2.75) is 58.9 Å². The molecule has 1 amide bonds. The van der Waals surface area contributed by atoms with Gasteiger partial charge in [-0.15, -0.1) is 0 Å². The number of carbonyl (C=O) groups excluding carboxylic acids is 1. The van der Waals surface area contributed by atoms with Crippen molar-refractivity contribution >= 4 is 5.91 Å². The molecular formula is C21H32N2O2. The van der Waals surface area contributed by atoms with Gasteiger partial charge in [-0.3, -0.25) is 9.78 Å². The smallest absolute Gasteiger partial charge is 0.223 e. The summed E-state index contributed by atoms with van der Waals surface area (Å²) in [6.45, 7) is 8.32. The minimum atomic E-state index is 0.140. The van der Waals surface area contributed by atoms with Crippen LogP contribution >= 0.6 is 0 Å². The Labute approximate surface area is 151 Å². The highest BCUT2D eigenvalue weighted by atomic mass is 16.5. The molecule has 25 heavy (non-hydrogen) atoms. The molecule has 0 aromatic carbocycles. The topological polar surface area (TPSA) is 51.2 Å². The number of rotatable bonds is 4. The Balaban J connectivity index is 1.50. The molecular weight excluding hydrogens is 312 g/mol. The summed E-state index contributed by atoms with van der Waals surface area (Å²) in [4.78, 5) is 16.8. The molecule has 1 aromatic heterocycles. The van der Waals surface area contributed by atoms with E-state index in [1.807, 2.05) is 24.5 Å². The Morgan fingerprint density at radius 2 is 1.84 bits per heavy atom. The molecule has 138 valence electrons. The molecule has 1 aliphatic carbocycles. The minimum absolute atomic E-state index is 0.140. The molecule has 1 N–H and O–H groups in total. The fourth-order valence-corrected chi connectivity index (χ4v) is 4.30. The largest absolute Gasteiger partial charge is 0.379 e. The van der Waals surface area contributed by atoms with Gasteiger partial charge in [-0.1, -0.05) is 20.8 Å². The van der Waals surface area contributed by atoms with Gasteiger partial charge in [0.1, 0.15) is 0 Å². The number of hydrogen-bond acceptors (Lipinski definition) is 3. The first kappa shape index (κ1) is 18.4. The molecule has 2 heterocycles. The Kier molecular flexibility index (Phi) is 5.78. The number of aromatic nitrogens is 1. The van der Waals surface area contributed by atoms with Crippen LogP contribution in [-0.2, 0) is 16.0 Å². The predicted octanol–water partition coefficient (Wildman–Crippen LogP) is 3.61.